The number of nitroso groups, excluding NO2 is 1. The van der Waals surface area contributed by atoms with Crippen molar-refractivity contribution in [1.82, 2.24) is 15.8 Å². The molecule has 1 fully saturated rings. The lowest BCUT2D eigenvalue weighted by atomic mass is 10.3. The van der Waals surface area contributed by atoms with E-state index < -0.39 is 16.1 Å². The summed E-state index contributed by atoms with van der Waals surface area (Å²) in [6, 6.07) is -1.01. The van der Waals surface area contributed by atoms with Crippen LogP contribution in [0.3, 0.4) is 0 Å². The Balaban J connectivity index is 2.70. The van der Waals surface area contributed by atoms with E-state index in [4.69, 9.17) is 0 Å². The van der Waals surface area contributed by atoms with Crippen LogP contribution in [0, 0.1) is 25.1 Å². The van der Waals surface area contributed by atoms with Gasteiger partial charge >= 0.3 is 0 Å². The van der Waals surface area contributed by atoms with Crippen molar-refractivity contribution in [1.29, 1.82) is 0 Å². The minimum Gasteiger partial charge on any atom is -0.233 e. The van der Waals surface area contributed by atoms with Crippen LogP contribution in [-0.4, -0.2) is 39.4 Å². The Morgan fingerprint density at radius 3 is 1.93 bits per heavy atom. The molecule has 1 heterocycles. The zero-order valence-corrected chi connectivity index (χ0v) is 6.77. The minimum atomic E-state index is -1.01. The largest absolute Gasteiger partial charge is 0.233 e. The van der Waals surface area contributed by atoms with Gasteiger partial charge in [0.15, 0.2) is 10.1 Å². The first kappa shape index (κ1) is 10.0. The van der Waals surface area contributed by atoms with Gasteiger partial charge in [0.2, 0.25) is 0 Å². The zero-order chi connectivity index (χ0) is 10.7. The number of rotatable bonds is 3. The molecule has 1 saturated heterocycles. The van der Waals surface area contributed by atoms with Crippen LogP contribution in [0.15, 0.2) is 5.18 Å². The van der Waals surface area contributed by atoms with Crippen LogP contribution < -0.4 is 5.53 Å². The molecule has 0 bridgehead atoms. The van der Waals surface area contributed by atoms with Crippen molar-refractivity contribution in [2.45, 2.75) is 6.04 Å². The van der Waals surface area contributed by atoms with Gasteiger partial charge in [-0.1, -0.05) is 5.18 Å². The van der Waals surface area contributed by atoms with E-state index in [1.165, 1.54) is 0 Å². The molecule has 0 atom stereocenters. The second kappa shape index (κ2) is 3.78. The highest BCUT2D eigenvalue weighted by molar-refractivity contribution is 4.71. The summed E-state index contributed by atoms with van der Waals surface area (Å²) >= 11 is 0. The molecule has 1 rings (SSSR count). The van der Waals surface area contributed by atoms with Gasteiger partial charge in [-0.05, 0) is 15.8 Å². The summed E-state index contributed by atoms with van der Waals surface area (Å²) in [5, 5.41) is 21.9. The molecule has 78 valence electrons. The average molecular weight is 206 g/mol. The van der Waals surface area contributed by atoms with E-state index in [1.807, 2.05) is 5.53 Å². The van der Waals surface area contributed by atoms with Gasteiger partial charge in [0.25, 0.3) is 0 Å². The van der Waals surface area contributed by atoms with Gasteiger partial charge in [-0.25, -0.2) is 20.2 Å². The minimum absolute atomic E-state index is 0.305. The molecule has 11 nitrogen and oxygen atoms in total. The molecule has 0 amide bonds. The maximum atomic E-state index is 10.3. The van der Waals surface area contributed by atoms with Gasteiger partial charge < -0.3 is 0 Å². The number of nitro groups is 2. The smallest absolute Gasteiger partial charge is 0.178 e. The molecule has 0 aromatic rings. The van der Waals surface area contributed by atoms with Crippen LogP contribution >= 0.6 is 0 Å². The predicted octanol–water partition coefficient (Wildman–Crippen LogP) is -1.46. The first-order chi connectivity index (χ1) is 6.54. The van der Waals surface area contributed by atoms with Crippen LogP contribution in [0.25, 0.3) is 0 Å². The van der Waals surface area contributed by atoms with E-state index in [0.717, 1.165) is 0 Å². The predicted molar refractivity (Wildman–Crippen MR) is 40.1 cm³/mol. The fourth-order valence-electron chi connectivity index (χ4n) is 0.945. The van der Waals surface area contributed by atoms with Crippen LogP contribution in [0.4, 0.5) is 0 Å². The highest BCUT2D eigenvalue weighted by Gasteiger charge is 2.36. The molecular weight excluding hydrogens is 200 g/mol. The van der Waals surface area contributed by atoms with Crippen LogP contribution in [-0.2, 0) is 0 Å². The molecule has 1 N–H and O–H groups in total. The average Bonchev–Trinajstić information content (AvgIpc) is 2.16. The Morgan fingerprint density at radius 1 is 1.21 bits per heavy atom. The molecule has 0 aliphatic carbocycles. The van der Waals surface area contributed by atoms with E-state index in [9.17, 15) is 25.1 Å². The summed E-state index contributed by atoms with van der Waals surface area (Å²) < 4.78 is 0. The molecule has 0 aromatic carbocycles. The van der Waals surface area contributed by atoms with Crippen LogP contribution in [0.2, 0.25) is 0 Å². The SMILES string of the molecule is O=NC1CN([N+](=O)[O-])NN([N+](=O)[O-])C1. The molecule has 0 aromatic heterocycles. The molecule has 14 heavy (non-hydrogen) atoms. The quantitative estimate of drug-likeness (QED) is 0.336. The molecule has 0 spiro atoms. The molecule has 1 aliphatic heterocycles. The molecule has 0 unspecified atom stereocenters. The van der Waals surface area contributed by atoms with Crippen molar-refractivity contribution in [3.63, 3.8) is 0 Å². The Hall–Kier alpha value is -2.04. The van der Waals surface area contributed by atoms with E-state index in [2.05, 4.69) is 5.18 Å². The van der Waals surface area contributed by atoms with Crippen molar-refractivity contribution in [3.8, 4) is 0 Å². The maximum absolute atomic E-state index is 10.3. The molecule has 1 aliphatic rings. The molecular formula is C3H6N6O5. The van der Waals surface area contributed by atoms with E-state index in [1.54, 1.807) is 0 Å². The second-order valence-corrected chi connectivity index (χ2v) is 2.50. The van der Waals surface area contributed by atoms with Gasteiger partial charge in [-0.3, -0.25) is 0 Å². The van der Waals surface area contributed by atoms with Crippen molar-refractivity contribution in [3.05, 3.63) is 25.1 Å². The van der Waals surface area contributed by atoms with Crippen LogP contribution in [0.5, 0.6) is 0 Å². The Morgan fingerprint density at radius 2 is 1.64 bits per heavy atom. The van der Waals surface area contributed by atoms with Gasteiger partial charge in [0, 0.05) is 0 Å². The lowest BCUT2D eigenvalue weighted by molar-refractivity contribution is -0.747. The highest BCUT2D eigenvalue weighted by atomic mass is 16.7. The fraction of sp³-hybridized carbons (Fsp3) is 1.00. The normalized spacial score (nSPS) is 18.0. The lowest BCUT2D eigenvalue weighted by Crippen LogP contribution is -2.63. The monoisotopic (exact) mass is 206 g/mol. The summed E-state index contributed by atoms with van der Waals surface area (Å²) in [4.78, 5) is 30.6. The number of hydrogen-bond acceptors (Lipinski definition) is 7. The van der Waals surface area contributed by atoms with Gasteiger partial charge in [-0.15, -0.1) is 0 Å². The van der Waals surface area contributed by atoms with Crippen molar-refractivity contribution < 1.29 is 10.1 Å². The number of hydrazine groups is 4. The highest BCUT2D eigenvalue weighted by Crippen LogP contribution is 2.04. The van der Waals surface area contributed by atoms with Gasteiger partial charge in [0.05, 0.1) is 0 Å². The Labute approximate surface area is 76.4 Å². The molecule has 0 radical (unpaired) electrons. The van der Waals surface area contributed by atoms with Crippen molar-refractivity contribution >= 4 is 0 Å². The van der Waals surface area contributed by atoms with Crippen molar-refractivity contribution in [2.75, 3.05) is 13.1 Å². The summed E-state index contributed by atoms with van der Waals surface area (Å²) in [6.07, 6.45) is 0. The standard InChI is InChI=1S/C3H6N6O5/c10-4-3-1-6(8(11)12)5-7(2-3)9(13)14/h3,5H,1-2H2. The van der Waals surface area contributed by atoms with Crippen molar-refractivity contribution in [2.24, 2.45) is 5.18 Å². The third-order valence-corrected chi connectivity index (χ3v) is 1.54. The number of nitrogens with one attached hydrogen (secondary N) is 1. The third kappa shape index (κ3) is 2.01. The summed E-state index contributed by atoms with van der Waals surface area (Å²) in [5.74, 6) is 0. The van der Waals surface area contributed by atoms with E-state index in [0.29, 0.717) is 10.2 Å². The lowest BCUT2D eigenvalue weighted by Gasteiger charge is -2.26. The Kier molecular flexibility index (Phi) is 2.71. The number of nitrogens with zero attached hydrogens (tertiary/aromatic N) is 5. The van der Waals surface area contributed by atoms with Gasteiger partial charge in [-0.2, -0.15) is 4.91 Å². The molecule has 11 heteroatoms. The third-order valence-electron chi connectivity index (χ3n) is 1.54. The van der Waals surface area contributed by atoms with Gasteiger partial charge in [0.1, 0.15) is 19.1 Å². The fourth-order valence-corrected chi connectivity index (χ4v) is 0.945. The summed E-state index contributed by atoms with van der Waals surface area (Å²) in [7, 11) is 0. The molecule has 0 saturated carbocycles. The topological polar surface area (TPSA) is 134 Å². The van der Waals surface area contributed by atoms with E-state index in [-0.39, 0.29) is 13.1 Å². The summed E-state index contributed by atoms with van der Waals surface area (Å²) in [6.45, 7) is -0.609. The summed E-state index contributed by atoms with van der Waals surface area (Å²) in [5.41, 5.74) is 1.89. The maximum Gasteiger partial charge on any atom is 0.178 e. The van der Waals surface area contributed by atoms with Crippen LogP contribution in [0.1, 0.15) is 0 Å². The first-order valence-electron chi connectivity index (χ1n) is 3.47. The van der Waals surface area contributed by atoms with E-state index >= 15 is 0 Å². The Bertz CT molecular complexity index is 246. The zero-order valence-electron chi connectivity index (χ0n) is 6.77. The second-order valence-electron chi connectivity index (χ2n) is 2.50. The number of hydrogen-bond donors (Lipinski definition) is 1. The first-order valence-corrected chi connectivity index (χ1v) is 3.47.